The van der Waals surface area contributed by atoms with E-state index >= 15 is 0 Å². The summed E-state index contributed by atoms with van der Waals surface area (Å²) in [7, 11) is 0. The zero-order valence-electron chi connectivity index (χ0n) is 9.45. The third-order valence-corrected chi connectivity index (χ3v) is 3.04. The predicted octanol–water partition coefficient (Wildman–Crippen LogP) is 2.72. The van der Waals surface area contributed by atoms with E-state index in [4.69, 9.17) is 27.9 Å². The van der Waals surface area contributed by atoms with Gasteiger partial charge in [0.1, 0.15) is 5.60 Å². The molecule has 94 valence electrons. The van der Waals surface area contributed by atoms with E-state index in [9.17, 15) is 9.90 Å². The average molecular weight is 277 g/mol. The van der Waals surface area contributed by atoms with Gasteiger partial charge in [-0.2, -0.15) is 0 Å². The Morgan fingerprint density at radius 1 is 1.41 bits per heavy atom. The smallest absolute Gasteiger partial charge is 0.309 e. The molecular formula is C12H14Cl2O3. The van der Waals surface area contributed by atoms with Gasteiger partial charge in [-0.1, -0.05) is 23.7 Å². The van der Waals surface area contributed by atoms with Crippen molar-refractivity contribution in [3.63, 3.8) is 0 Å². The van der Waals surface area contributed by atoms with E-state index in [0.29, 0.717) is 10.6 Å². The summed E-state index contributed by atoms with van der Waals surface area (Å²) >= 11 is 11.5. The highest BCUT2D eigenvalue weighted by Gasteiger charge is 2.32. The number of carbonyl (C=O) groups is 1. The van der Waals surface area contributed by atoms with Crippen LogP contribution in [0.15, 0.2) is 24.3 Å². The third-order valence-electron chi connectivity index (χ3n) is 2.34. The Kier molecular flexibility index (Phi) is 5.25. The van der Waals surface area contributed by atoms with Crippen LogP contribution >= 0.6 is 23.2 Å². The Balaban J connectivity index is 2.87. The normalized spacial score (nSPS) is 14.1. The Labute approximate surface area is 110 Å². The molecule has 1 N–H and O–H groups in total. The summed E-state index contributed by atoms with van der Waals surface area (Å²) in [4.78, 5) is 11.4. The number of aliphatic hydroxyl groups is 1. The SMILES string of the molecule is CCOC(=O)CC(O)(CCl)c1ccc(Cl)cc1. The summed E-state index contributed by atoms with van der Waals surface area (Å²) in [5.74, 6) is -0.571. The van der Waals surface area contributed by atoms with Gasteiger partial charge in [0, 0.05) is 5.02 Å². The zero-order valence-corrected chi connectivity index (χ0v) is 11.0. The maximum absolute atomic E-state index is 11.4. The minimum atomic E-state index is -1.42. The Hall–Kier alpha value is -0.770. The lowest BCUT2D eigenvalue weighted by Crippen LogP contribution is -2.31. The van der Waals surface area contributed by atoms with Gasteiger partial charge in [-0.3, -0.25) is 4.79 Å². The summed E-state index contributed by atoms with van der Waals surface area (Å²) < 4.78 is 4.80. The van der Waals surface area contributed by atoms with Gasteiger partial charge < -0.3 is 9.84 Å². The lowest BCUT2D eigenvalue weighted by atomic mass is 9.92. The topological polar surface area (TPSA) is 46.5 Å². The first-order valence-corrected chi connectivity index (χ1v) is 6.13. The number of carbonyl (C=O) groups excluding carboxylic acids is 1. The van der Waals surface area contributed by atoms with Gasteiger partial charge in [0.2, 0.25) is 0 Å². The molecule has 0 amide bonds. The van der Waals surface area contributed by atoms with Gasteiger partial charge in [-0.15, -0.1) is 11.6 Å². The molecule has 1 atom stereocenters. The number of alkyl halides is 1. The fourth-order valence-electron chi connectivity index (χ4n) is 1.44. The van der Waals surface area contributed by atoms with Gasteiger partial charge in [0.05, 0.1) is 18.9 Å². The highest BCUT2D eigenvalue weighted by molar-refractivity contribution is 6.30. The van der Waals surface area contributed by atoms with Crippen LogP contribution in [-0.2, 0) is 15.1 Å². The molecule has 0 bridgehead atoms. The van der Waals surface area contributed by atoms with Gasteiger partial charge in [-0.05, 0) is 24.6 Å². The first-order chi connectivity index (χ1) is 8.01. The van der Waals surface area contributed by atoms with Crippen molar-refractivity contribution >= 4 is 29.2 Å². The van der Waals surface area contributed by atoms with Crippen LogP contribution in [0.2, 0.25) is 5.02 Å². The van der Waals surface area contributed by atoms with Crippen molar-refractivity contribution in [1.29, 1.82) is 0 Å². The molecule has 0 spiro atoms. The molecule has 0 aliphatic heterocycles. The van der Waals surface area contributed by atoms with E-state index < -0.39 is 11.6 Å². The molecule has 1 rings (SSSR count). The molecule has 0 aromatic heterocycles. The molecule has 5 heteroatoms. The highest BCUT2D eigenvalue weighted by atomic mass is 35.5. The molecule has 1 unspecified atom stereocenters. The van der Waals surface area contributed by atoms with Crippen LogP contribution in [0, 0.1) is 0 Å². The van der Waals surface area contributed by atoms with Crippen molar-refractivity contribution in [2.24, 2.45) is 0 Å². The molecule has 0 heterocycles. The Morgan fingerprint density at radius 3 is 2.47 bits per heavy atom. The molecule has 0 saturated carbocycles. The first-order valence-electron chi connectivity index (χ1n) is 5.22. The largest absolute Gasteiger partial charge is 0.466 e. The van der Waals surface area contributed by atoms with Gasteiger partial charge in [0.15, 0.2) is 0 Å². The molecule has 0 saturated heterocycles. The monoisotopic (exact) mass is 276 g/mol. The van der Waals surface area contributed by atoms with Crippen LogP contribution in [0.3, 0.4) is 0 Å². The molecule has 1 aromatic carbocycles. The summed E-state index contributed by atoms with van der Waals surface area (Å²) in [6.45, 7) is 1.98. The molecule has 3 nitrogen and oxygen atoms in total. The van der Waals surface area contributed by atoms with Crippen molar-refractivity contribution in [2.75, 3.05) is 12.5 Å². The Morgan fingerprint density at radius 2 is 2.00 bits per heavy atom. The maximum Gasteiger partial charge on any atom is 0.309 e. The van der Waals surface area contributed by atoms with Crippen molar-refractivity contribution in [2.45, 2.75) is 18.9 Å². The molecule has 0 fully saturated rings. The Bertz CT molecular complexity index is 378. The number of halogens is 2. The number of esters is 1. The quantitative estimate of drug-likeness (QED) is 0.665. The van der Waals surface area contributed by atoms with E-state index in [1.165, 1.54) is 0 Å². The molecule has 1 aromatic rings. The number of hydrogen-bond donors (Lipinski definition) is 1. The van der Waals surface area contributed by atoms with Crippen molar-refractivity contribution in [1.82, 2.24) is 0 Å². The summed E-state index contributed by atoms with van der Waals surface area (Å²) in [5.41, 5.74) is -0.872. The molecule has 17 heavy (non-hydrogen) atoms. The van der Waals surface area contributed by atoms with Crippen LogP contribution in [0.5, 0.6) is 0 Å². The van der Waals surface area contributed by atoms with Crippen LogP contribution in [-0.4, -0.2) is 23.6 Å². The van der Waals surface area contributed by atoms with E-state index in [1.807, 2.05) is 0 Å². The third kappa shape index (κ3) is 3.87. The lowest BCUT2D eigenvalue weighted by molar-refractivity contribution is -0.148. The van der Waals surface area contributed by atoms with Crippen molar-refractivity contribution in [3.8, 4) is 0 Å². The number of hydrogen-bond acceptors (Lipinski definition) is 3. The minimum Gasteiger partial charge on any atom is -0.466 e. The first kappa shape index (κ1) is 14.3. The fraction of sp³-hybridized carbons (Fsp3) is 0.417. The second kappa shape index (κ2) is 6.24. The van der Waals surface area contributed by atoms with Crippen molar-refractivity contribution in [3.05, 3.63) is 34.9 Å². The molecule has 0 aliphatic carbocycles. The van der Waals surface area contributed by atoms with Crippen molar-refractivity contribution < 1.29 is 14.6 Å². The summed E-state index contributed by atoms with van der Waals surface area (Å²) in [5, 5.41) is 10.9. The maximum atomic E-state index is 11.4. The predicted molar refractivity (Wildman–Crippen MR) is 67.3 cm³/mol. The summed E-state index contributed by atoms with van der Waals surface area (Å²) in [6.07, 6.45) is -0.175. The van der Waals surface area contributed by atoms with Gasteiger partial charge >= 0.3 is 5.97 Å². The highest BCUT2D eigenvalue weighted by Crippen LogP contribution is 2.28. The average Bonchev–Trinajstić information content (AvgIpc) is 2.30. The molecule has 0 aliphatic rings. The van der Waals surface area contributed by atoms with Gasteiger partial charge in [0.25, 0.3) is 0 Å². The molecular weight excluding hydrogens is 263 g/mol. The summed E-state index contributed by atoms with van der Waals surface area (Å²) in [6, 6.07) is 6.56. The lowest BCUT2D eigenvalue weighted by Gasteiger charge is -2.25. The second-order valence-electron chi connectivity index (χ2n) is 3.65. The second-order valence-corrected chi connectivity index (χ2v) is 4.36. The fourth-order valence-corrected chi connectivity index (χ4v) is 1.81. The number of rotatable bonds is 5. The van der Waals surface area contributed by atoms with Crippen LogP contribution in [0.1, 0.15) is 18.9 Å². The van der Waals surface area contributed by atoms with E-state index in [2.05, 4.69) is 0 Å². The zero-order chi connectivity index (χ0) is 12.9. The van der Waals surface area contributed by atoms with Gasteiger partial charge in [-0.25, -0.2) is 0 Å². The minimum absolute atomic E-state index is 0.0898. The number of ether oxygens (including phenoxy) is 1. The van der Waals surface area contributed by atoms with Crippen LogP contribution in [0.25, 0.3) is 0 Å². The van der Waals surface area contributed by atoms with Crippen LogP contribution < -0.4 is 0 Å². The standard InChI is InChI=1S/C12H14Cl2O3/c1-2-17-11(15)7-12(16,8-13)9-3-5-10(14)6-4-9/h3-6,16H,2,7-8H2,1H3. The van der Waals surface area contributed by atoms with E-state index in [0.717, 1.165) is 0 Å². The molecule has 0 radical (unpaired) electrons. The van der Waals surface area contributed by atoms with E-state index in [-0.39, 0.29) is 18.9 Å². The number of benzene rings is 1. The van der Waals surface area contributed by atoms with E-state index in [1.54, 1.807) is 31.2 Å². The van der Waals surface area contributed by atoms with Crippen LogP contribution in [0.4, 0.5) is 0 Å².